The third kappa shape index (κ3) is 5.87. The standard InChI is InChI=1S/C33H40N2O6Si/c1-22-32(40-2)28-17-26(35(21-37)25-12-6-5-7-13-25)14-15-29(28)41-33(22)30(42(3,4)39)18-31(38)34-19-24-11-9-8-10-23(24)16-27(34)20-36/h5-15,17,21-22,27,30,32-33,36,39H,16,18-20H2,1-4H3/t22-,27-,30?,32-,33-/m0/s1. The quantitative estimate of drug-likeness (QED) is 0.271. The Morgan fingerprint density at radius 3 is 2.43 bits per heavy atom. The molecule has 5 rings (SSSR count). The molecule has 0 spiro atoms. The number of carbonyl (C=O) groups excluding carboxylic acids is 2. The van der Waals surface area contributed by atoms with E-state index < -0.39 is 20.0 Å². The van der Waals surface area contributed by atoms with Crippen LogP contribution in [0.3, 0.4) is 0 Å². The maximum atomic E-state index is 13.9. The molecule has 42 heavy (non-hydrogen) atoms. The van der Waals surface area contributed by atoms with Crippen LogP contribution in [0.2, 0.25) is 18.6 Å². The van der Waals surface area contributed by atoms with E-state index >= 15 is 0 Å². The SMILES string of the molecule is CO[C@@H]1c2cc(N(C=O)c3ccccc3)ccc2O[C@H](C(CC(=O)N2Cc3ccccc3C[C@H]2CO)[Si](C)(C)O)[C@H]1C. The first-order valence-corrected chi connectivity index (χ1v) is 17.5. The van der Waals surface area contributed by atoms with Crippen molar-refractivity contribution < 1.29 is 29.0 Å². The molecule has 0 aromatic heterocycles. The van der Waals surface area contributed by atoms with E-state index in [4.69, 9.17) is 9.47 Å². The van der Waals surface area contributed by atoms with Gasteiger partial charge in [-0.2, -0.15) is 0 Å². The number of nitrogens with zero attached hydrogens (tertiary/aromatic N) is 2. The Morgan fingerprint density at radius 1 is 1.10 bits per heavy atom. The van der Waals surface area contributed by atoms with E-state index in [1.807, 2.05) is 92.8 Å². The monoisotopic (exact) mass is 588 g/mol. The Balaban J connectivity index is 1.43. The molecule has 222 valence electrons. The summed E-state index contributed by atoms with van der Waals surface area (Å²) in [7, 11) is -1.29. The van der Waals surface area contributed by atoms with Gasteiger partial charge in [-0.3, -0.25) is 14.5 Å². The number of aliphatic hydroxyl groups is 1. The van der Waals surface area contributed by atoms with E-state index in [0.717, 1.165) is 28.8 Å². The van der Waals surface area contributed by atoms with Crippen molar-refractivity contribution in [1.29, 1.82) is 0 Å². The highest BCUT2D eigenvalue weighted by Crippen LogP contribution is 2.48. The highest BCUT2D eigenvalue weighted by Gasteiger charge is 2.48. The average Bonchev–Trinajstić information content (AvgIpc) is 2.99. The van der Waals surface area contributed by atoms with Crippen molar-refractivity contribution in [2.24, 2.45) is 5.92 Å². The van der Waals surface area contributed by atoms with Crippen molar-refractivity contribution in [2.45, 2.75) is 63.2 Å². The summed E-state index contributed by atoms with van der Waals surface area (Å²) in [6, 6.07) is 22.7. The largest absolute Gasteiger partial charge is 0.490 e. The minimum Gasteiger partial charge on any atom is -0.490 e. The lowest BCUT2D eigenvalue weighted by molar-refractivity contribution is -0.136. The number of rotatable bonds is 9. The van der Waals surface area contributed by atoms with E-state index in [2.05, 4.69) is 0 Å². The van der Waals surface area contributed by atoms with Crippen molar-refractivity contribution in [3.63, 3.8) is 0 Å². The number of benzene rings is 3. The van der Waals surface area contributed by atoms with Gasteiger partial charge in [0, 0.05) is 48.5 Å². The lowest BCUT2D eigenvalue weighted by Crippen LogP contribution is -2.52. The first kappa shape index (κ1) is 30.0. The summed E-state index contributed by atoms with van der Waals surface area (Å²) in [5, 5.41) is 10.1. The predicted molar refractivity (Wildman–Crippen MR) is 164 cm³/mol. The Hall–Kier alpha value is -3.50. The Kier molecular flexibility index (Phi) is 8.84. The second kappa shape index (κ2) is 12.4. The first-order valence-electron chi connectivity index (χ1n) is 14.5. The number of ether oxygens (including phenoxy) is 2. The van der Waals surface area contributed by atoms with Crippen LogP contribution in [0, 0.1) is 5.92 Å². The van der Waals surface area contributed by atoms with Gasteiger partial charge in [0.25, 0.3) is 0 Å². The molecule has 3 aromatic rings. The van der Waals surface area contributed by atoms with Gasteiger partial charge in [-0.15, -0.1) is 0 Å². The van der Waals surface area contributed by atoms with Crippen molar-refractivity contribution in [3.05, 3.63) is 89.5 Å². The molecule has 2 aliphatic rings. The molecule has 5 atom stereocenters. The lowest BCUT2D eigenvalue weighted by atomic mass is 9.86. The topological polar surface area (TPSA) is 99.5 Å². The van der Waals surface area contributed by atoms with E-state index in [9.17, 15) is 19.5 Å². The predicted octanol–water partition coefficient (Wildman–Crippen LogP) is 4.97. The van der Waals surface area contributed by atoms with Crippen LogP contribution in [-0.4, -0.2) is 61.3 Å². The normalized spacial score (nSPS) is 22.4. The minimum atomic E-state index is -2.93. The van der Waals surface area contributed by atoms with Crippen molar-refractivity contribution in [1.82, 2.24) is 4.90 Å². The number of amides is 2. The summed E-state index contributed by atoms with van der Waals surface area (Å²) in [6.07, 6.45) is 0.658. The molecule has 0 aliphatic carbocycles. The second-order valence-corrected chi connectivity index (χ2v) is 16.0. The molecule has 0 fully saturated rings. The molecule has 0 saturated carbocycles. The van der Waals surface area contributed by atoms with Crippen LogP contribution < -0.4 is 9.64 Å². The smallest absolute Gasteiger partial charge is 0.223 e. The third-order valence-corrected chi connectivity index (χ3v) is 11.2. The zero-order valence-corrected chi connectivity index (χ0v) is 25.6. The van der Waals surface area contributed by atoms with Gasteiger partial charge in [0.05, 0.1) is 18.8 Å². The number of fused-ring (bicyclic) bond motifs is 2. The van der Waals surface area contributed by atoms with Crippen LogP contribution in [0.5, 0.6) is 5.75 Å². The molecule has 2 amide bonds. The summed E-state index contributed by atoms with van der Waals surface area (Å²) < 4.78 is 12.6. The van der Waals surface area contributed by atoms with E-state index in [1.165, 1.54) is 0 Å². The van der Waals surface area contributed by atoms with Gasteiger partial charge in [-0.1, -0.05) is 49.4 Å². The number of hydrogen-bond acceptors (Lipinski definition) is 6. The number of carbonyl (C=O) groups is 2. The van der Waals surface area contributed by atoms with Crippen molar-refractivity contribution in [3.8, 4) is 5.75 Å². The second-order valence-electron chi connectivity index (χ2n) is 11.9. The first-order chi connectivity index (χ1) is 20.2. The summed E-state index contributed by atoms with van der Waals surface area (Å²) in [5.41, 5.74) is 4.07. The van der Waals surface area contributed by atoms with Gasteiger partial charge < -0.3 is 24.3 Å². The van der Waals surface area contributed by atoms with Gasteiger partial charge in [-0.25, -0.2) is 0 Å². The summed E-state index contributed by atoms with van der Waals surface area (Å²) in [4.78, 5) is 40.8. The highest BCUT2D eigenvalue weighted by atomic mass is 28.4. The number of para-hydroxylation sites is 1. The molecular formula is C33H40N2O6Si. The average molecular weight is 589 g/mol. The molecule has 9 heteroatoms. The molecule has 2 aliphatic heterocycles. The maximum Gasteiger partial charge on any atom is 0.223 e. The Labute approximate surface area is 248 Å². The molecule has 2 N–H and O–H groups in total. The molecule has 0 bridgehead atoms. The number of hydrogen-bond donors (Lipinski definition) is 2. The van der Waals surface area contributed by atoms with Crippen LogP contribution in [0.1, 0.15) is 36.1 Å². The Morgan fingerprint density at radius 2 is 1.79 bits per heavy atom. The van der Waals surface area contributed by atoms with Crippen molar-refractivity contribution in [2.75, 3.05) is 18.6 Å². The van der Waals surface area contributed by atoms with E-state index in [1.54, 1.807) is 16.9 Å². The highest BCUT2D eigenvalue weighted by molar-refractivity contribution is 6.71. The summed E-state index contributed by atoms with van der Waals surface area (Å²) >= 11 is 0. The summed E-state index contributed by atoms with van der Waals surface area (Å²) in [5.74, 6) is 0.327. The van der Waals surface area contributed by atoms with E-state index in [-0.39, 0.29) is 37.0 Å². The van der Waals surface area contributed by atoms with Gasteiger partial charge in [0.15, 0.2) is 8.32 Å². The third-order valence-electron chi connectivity index (χ3n) is 8.82. The van der Waals surface area contributed by atoms with Crippen LogP contribution in [-0.2, 0) is 27.3 Å². The fourth-order valence-electron chi connectivity index (χ4n) is 6.49. The van der Waals surface area contributed by atoms with Crippen LogP contribution in [0.25, 0.3) is 0 Å². The number of methoxy groups -OCH3 is 1. The minimum absolute atomic E-state index is 0.0985. The van der Waals surface area contributed by atoms with Crippen molar-refractivity contribution >= 4 is 32.0 Å². The lowest BCUT2D eigenvalue weighted by Gasteiger charge is -2.44. The maximum absolute atomic E-state index is 13.9. The van der Waals surface area contributed by atoms with Gasteiger partial charge in [0.2, 0.25) is 12.3 Å². The number of anilines is 2. The van der Waals surface area contributed by atoms with Crippen LogP contribution in [0.15, 0.2) is 72.8 Å². The molecule has 0 saturated heterocycles. The molecule has 2 heterocycles. The molecular weight excluding hydrogens is 548 g/mol. The number of aliphatic hydroxyl groups excluding tert-OH is 1. The fraction of sp³-hybridized carbons (Fsp3) is 0.394. The zero-order chi connectivity index (χ0) is 30.0. The van der Waals surface area contributed by atoms with Gasteiger partial charge >= 0.3 is 0 Å². The molecule has 1 unspecified atom stereocenters. The van der Waals surface area contributed by atoms with Gasteiger partial charge in [-0.05, 0) is 61.0 Å². The van der Waals surface area contributed by atoms with Gasteiger partial charge in [0.1, 0.15) is 11.9 Å². The fourth-order valence-corrected chi connectivity index (χ4v) is 8.34. The summed E-state index contributed by atoms with van der Waals surface area (Å²) in [6.45, 7) is 6.02. The molecule has 0 radical (unpaired) electrons. The van der Waals surface area contributed by atoms with Crippen LogP contribution in [0.4, 0.5) is 11.4 Å². The zero-order valence-electron chi connectivity index (χ0n) is 24.6. The molecule has 8 nitrogen and oxygen atoms in total. The Bertz CT molecular complexity index is 1410. The van der Waals surface area contributed by atoms with E-state index in [0.29, 0.717) is 24.4 Å². The van der Waals surface area contributed by atoms with Crippen LogP contribution >= 0.6 is 0 Å². The molecule has 3 aromatic carbocycles.